The lowest BCUT2D eigenvalue weighted by Crippen LogP contribution is -2.54. The molecule has 2 aliphatic rings. The van der Waals surface area contributed by atoms with Gasteiger partial charge in [-0.2, -0.15) is 11.8 Å². The molecule has 0 aliphatic heterocycles. The number of carbonyl (C=O) groups excluding carboxylic acids is 3. The number of thioether (sulfide) groups is 1. The van der Waals surface area contributed by atoms with Gasteiger partial charge in [0.1, 0.15) is 17.7 Å². The summed E-state index contributed by atoms with van der Waals surface area (Å²) in [4.78, 5) is 42.4. The van der Waals surface area contributed by atoms with E-state index in [4.69, 9.17) is 4.74 Å². The number of hydrogen-bond donors (Lipinski definition) is 2. The molecule has 1 aromatic carbocycles. The smallest absolute Gasteiger partial charge is 0.408 e. The van der Waals surface area contributed by atoms with Crippen molar-refractivity contribution >= 4 is 35.7 Å². The number of nitrogens with zero attached hydrogens (tertiary/aromatic N) is 1. The predicted molar refractivity (Wildman–Crippen MR) is 150 cm³/mol. The molecule has 7 nitrogen and oxygen atoms in total. The molecule has 2 N–H and O–H groups in total. The third-order valence-corrected chi connectivity index (χ3v) is 7.38. The van der Waals surface area contributed by atoms with Crippen LogP contribution in [0.1, 0.15) is 89.3 Å². The third kappa shape index (κ3) is 8.80. The number of carbonyl (C=O) groups is 3. The molecular weight excluding hydrogens is 486 g/mol. The molecule has 2 unspecified atom stereocenters. The highest BCUT2D eigenvalue weighted by Crippen LogP contribution is 2.36. The minimum atomic E-state index is -0.782. The lowest BCUT2D eigenvalue weighted by molar-refractivity contribution is -0.143. The van der Waals surface area contributed by atoms with E-state index < -0.39 is 23.8 Å². The molecule has 204 valence electrons. The van der Waals surface area contributed by atoms with Crippen LogP contribution in [-0.2, 0) is 14.3 Å². The fourth-order valence-electron chi connectivity index (χ4n) is 4.81. The van der Waals surface area contributed by atoms with Gasteiger partial charge in [0.25, 0.3) is 0 Å². The number of alkyl carbamates (subject to hydrolysis) is 1. The molecule has 37 heavy (non-hydrogen) atoms. The lowest BCUT2D eigenvalue weighted by Gasteiger charge is -2.36. The van der Waals surface area contributed by atoms with Crippen molar-refractivity contribution in [3.8, 4) is 0 Å². The molecule has 0 aromatic heterocycles. The fourth-order valence-corrected chi connectivity index (χ4v) is 5.29. The molecule has 0 bridgehead atoms. The first-order valence-electron chi connectivity index (χ1n) is 13.5. The van der Waals surface area contributed by atoms with Gasteiger partial charge in [-0.05, 0) is 82.1 Å². The Morgan fingerprint density at radius 2 is 1.86 bits per heavy atom. The van der Waals surface area contributed by atoms with Gasteiger partial charge in [0.2, 0.25) is 11.8 Å². The van der Waals surface area contributed by atoms with Gasteiger partial charge >= 0.3 is 6.09 Å². The van der Waals surface area contributed by atoms with E-state index >= 15 is 0 Å². The summed E-state index contributed by atoms with van der Waals surface area (Å²) in [6.45, 7) is 9.25. The highest BCUT2D eigenvalue weighted by Gasteiger charge is 2.44. The van der Waals surface area contributed by atoms with Crippen LogP contribution >= 0.6 is 11.8 Å². The molecule has 0 heterocycles. The second kappa shape index (κ2) is 13.4. The average Bonchev–Trinajstić information content (AvgIpc) is 3.69. The zero-order valence-electron chi connectivity index (χ0n) is 22.8. The van der Waals surface area contributed by atoms with E-state index in [2.05, 4.69) is 17.2 Å². The van der Waals surface area contributed by atoms with Crippen LogP contribution in [0.25, 0.3) is 6.08 Å². The van der Waals surface area contributed by atoms with Crippen molar-refractivity contribution in [2.45, 2.75) is 102 Å². The van der Waals surface area contributed by atoms with Crippen molar-refractivity contribution in [3.63, 3.8) is 0 Å². The van der Waals surface area contributed by atoms with Crippen LogP contribution in [0.15, 0.2) is 30.8 Å². The molecule has 3 amide bonds. The third-order valence-electron chi connectivity index (χ3n) is 6.73. The Labute approximate surface area is 226 Å². The molecule has 2 fully saturated rings. The van der Waals surface area contributed by atoms with E-state index in [0.29, 0.717) is 12.2 Å². The normalized spacial score (nSPS) is 17.8. The molecule has 2 atom stereocenters. The van der Waals surface area contributed by atoms with E-state index in [0.717, 1.165) is 49.7 Å². The molecule has 0 radical (unpaired) electrons. The Hall–Kier alpha value is -2.48. The highest BCUT2D eigenvalue weighted by molar-refractivity contribution is 7.98. The number of nitrogens with one attached hydrogen (secondary N) is 2. The molecule has 2 saturated carbocycles. The number of rotatable bonds is 11. The van der Waals surface area contributed by atoms with Crippen molar-refractivity contribution in [1.29, 1.82) is 0 Å². The SMILES string of the molecule is C=Cc1cccc(C(C(=O)NC2CCCCC2)N(C(=O)C(CCSC)NC(=O)OC(C)(C)C)C2CC2)c1. The second-order valence-corrected chi connectivity index (χ2v) is 12.1. The lowest BCUT2D eigenvalue weighted by atomic mass is 9.94. The number of amides is 3. The monoisotopic (exact) mass is 529 g/mol. The van der Waals surface area contributed by atoms with Gasteiger partial charge in [-0.1, -0.05) is 50.1 Å². The highest BCUT2D eigenvalue weighted by atomic mass is 32.2. The Balaban J connectivity index is 1.94. The van der Waals surface area contributed by atoms with E-state index in [1.54, 1.807) is 43.5 Å². The van der Waals surface area contributed by atoms with Gasteiger partial charge in [-0.3, -0.25) is 9.59 Å². The van der Waals surface area contributed by atoms with E-state index in [1.807, 2.05) is 30.5 Å². The maximum atomic E-state index is 14.1. The fraction of sp³-hybridized carbons (Fsp3) is 0.621. The van der Waals surface area contributed by atoms with Crippen LogP contribution < -0.4 is 10.6 Å². The van der Waals surface area contributed by atoms with Crippen LogP contribution in [0.5, 0.6) is 0 Å². The average molecular weight is 530 g/mol. The van der Waals surface area contributed by atoms with Crippen molar-refractivity contribution in [1.82, 2.24) is 15.5 Å². The number of hydrogen-bond acceptors (Lipinski definition) is 5. The Morgan fingerprint density at radius 3 is 2.46 bits per heavy atom. The number of ether oxygens (including phenoxy) is 1. The Bertz CT molecular complexity index is 951. The quantitative estimate of drug-likeness (QED) is 0.398. The molecule has 8 heteroatoms. The summed E-state index contributed by atoms with van der Waals surface area (Å²) in [7, 11) is 0. The van der Waals surface area contributed by atoms with Gasteiger partial charge in [0, 0.05) is 12.1 Å². The van der Waals surface area contributed by atoms with E-state index in [-0.39, 0.29) is 23.9 Å². The van der Waals surface area contributed by atoms with Crippen molar-refractivity contribution in [2.75, 3.05) is 12.0 Å². The van der Waals surface area contributed by atoms with Crippen molar-refractivity contribution < 1.29 is 19.1 Å². The van der Waals surface area contributed by atoms with Crippen LogP contribution in [0.2, 0.25) is 0 Å². The Morgan fingerprint density at radius 1 is 1.16 bits per heavy atom. The number of benzene rings is 1. The molecule has 0 saturated heterocycles. The van der Waals surface area contributed by atoms with Crippen LogP contribution in [0.3, 0.4) is 0 Å². The predicted octanol–water partition coefficient (Wildman–Crippen LogP) is 5.46. The molecule has 0 spiro atoms. The molecule has 1 aromatic rings. The van der Waals surface area contributed by atoms with E-state index in [1.165, 1.54) is 6.42 Å². The minimum Gasteiger partial charge on any atom is -0.444 e. The summed E-state index contributed by atoms with van der Waals surface area (Å²) in [5.74, 6) is 0.291. The molecular formula is C29H43N3O4S. The minimum absolute atomic E-state index is 0.0424. The first kappa shape index (κ1) is 29.1. The standard InChI is InChI=1S/C29H43N3O4S/c1-6-20-11-10-12-21(19-20)25(26(33)30-22-13-8-7-9-14-22)32(23-15-16-23)27(34)24(17-18-37-5)31-28(35)36-29(2,3)4/h6,10-12,19,22-25H,1,7-9,13-18H2,2-5H3,(H,30,33)(H,31,35). The summed E-state index contributed by atoms with van der Waals surface area (Å²) < 4.78 is 5.46. The van der Waals surface area contributed by atoms with Gasteiger partial charge in [0.05, 0.1) is 0 Å². The summed E-state index contributed by atoms with van der Waals surface area (Å²) in [5.41, 5.74) is 0.967. The van der Waals surface area contributed by atoms with Crippen LogP contribution in [0, 0.1) is 0 Å². The summed E-state index contributed by atoms with van der Waals surface area (Å²) in [5, 5.41) is 6.06. The van der Waals surface area contributed by atoms with E-state index in [9.17, 15) is 14.4 Å². The van der Waals surface area contributed by atoms with Gasteiger partial charge in [0.15, 0.2) is 0 Å². The van der Waals surface area contributed by atoms with Crippen LogP contribution in [0.4, 0.5) is 4.79 Å². The van der Waals surface area contributed by atoms with Gasteiger partial charge < -0.3 is 20.3 Å². The van der Waals surface area contributed by atoms with Gasteiger partial charge in [-0.25, -0.2) is 4.79 Å². The molecule has 2 aliphatic carbocycles. The zero-order valence-corrected chi connectivity index (χ0v) is 23.6. The Kier molecular flexibility index (Phi) is 10.5. The van der Waals surface area contributed by atoms with Crippen molar-refractivity contribution in [2.24, 2.45) is 0 Å². The first-order chi connectivity index (χ1) is 17.6. The molecule has 3 rings (SSSR count). The topological polar surface area (TPSA) is 87.7 Å². The zero-order chi connectivity index (χ0) is 27.0. The summed E-state index contributed by atoms with van der Waals surface area (Å²) >= 11 is 1.61. The second-order valence-electron chi connectivity index (χ2n) is 11.1. The van der Waals surface area contributed by atoms with Crippen LogP contribution in [-0.4, -0.2) is 58.5 Å². The maximum absolute atomic E-state index is 14.1. The largest absolute Gasteiger partial charge is 0.444 e. The summed E-state index contributed by atoms with van der Waals surface area (Å²) in [6.07, 6.45) is 10.5. The van der Waals surface area contributed by atoms with Gasteiger partial charge in [-0.15, -0.1) is 0 Å². The summed E-state index contributed by atoms with van der Waals surface area (Å²) in [6, 6.07) is 6.18. The van der Waals surface area contributed by atoms with Crippen molar-refractivity contribution in [3.05, 3.63) is 42.0 Å². The first-order valence-corrected chi connectivity index (χ1v) is 14.9. The maximum Gasteiger partial charge on any atom is 0.408 e.